The molecule has 4 rings (SSSR count). The Morgan fingerprint density at radius 1 is 1.29 bits per heavy atom. The number of nitrogens with zero attached hydrogens (tertiary/aromatic N) is 3. The molecule has 7 nitrogen and oxygen atoms in total. The molecule has 3 aromatic rings. The van der Waals surface area contributed by atoms with Crippen molar-refractivity contribution < 1.29 is 4.74 Å². The largest absolute Gasteiger partial charge is 0.495 e. The van der Waals surface area contributed by atoms with E-state index in [1.165, 1.54) is 0 Å². The number of hydrogen-bond acceptors (Lipinski definition) is 4. The third-order valence-electron chi connectivity index (χ3n) is 5.37. The number of nitrogens with one attached hydrogen (secondary N) is 3. The van der Waals surface area contributed by atoms with E-state index in [1.807, 2.05) is 42.6 Å². The van der Waals surface area contributed by atoms with Crippen LogP contribution in [0.3, 0.4) is 0 Å². The number of aliphatic imine (C=N–C) groups is 1. The molecule has 1 saturated heterocycles. The summed E-state index contributed by atoms with van der Waals surface area (Å²) in [5.74, 6) is 2.45. The smallest absolute Gasteiger partial charge is 0.191 e. The summed E-state index contributed by atoms with van der Waals surface area (Å²) in [6.45, 7) is 2.32. The van der Waals surface area contributed by atoms with Crippen LogP contribution < -0.4 is 20.3 Å². The van der Waals surface area contributed by atoms with Crippen LogP contribution in [0.2, 0.25) is 5.02 Å². The predicted octanol–water partition coefficient (Wildman–Crippen LogP) is 3.68. The average molecular weight is 439 g/mol. The van der Waals surface area contributed by atoms with Crippen LogP contribution in [0, 0.1) is 0 Å². The fraction of sp³-hybridized carbons (Fsp3) is 0.304. The first-order valence-electron chi connectivity index (χ1n) is 10.3. The van der Waals surface area contributed by atoms with Gasteiger partial charge >= 0.3 is 0 Å². The Morgan fingerprint density at radius 2 is 2.13 bits per heavy atom. The Morgan fingerprint density at radius 3 is 2.90 bits per heavy atom. The van der Waals surface area contributed by atoms with E-state index in [-0.39, 0.29) is 6.04 Å². The number of rotatable bonds is 6. The summed E-state index contributed by atoms with van der Waals surface area (Å²) in [5.41, 5.74) is 3.14. The second-order valence-electron chi connectivity index (χ2n) is 7.43. The average Bonchev–Trinajstić information content (AvgIpc) is 3.47. The number of guanidine groups is 1. The van der Waals surface area contributed by atoms with Crippen molar-refractivity contribution in [2.45, 2.75) is 19.0 Å². The van der Waals surface area contributed by atoms with Gasteiger partial charge in [0.05, 0.1) is 31.2 Å². The van der Waals surface area contributed by atoms with E-state index in [1.54, 1.807) is 14.2 Å². The predicted molar refractivity (Wildman–Crippen MR) is 126 cm³/mol. The van der Waals surface area contributed by atoms with Gasteiger partial charge in [0, 0.05) is 31.2 Å². The molecule has 0 aliphatic carbocycles. The summed E-state index contributed by atoms with van der Waals surface area (Å²) in [7, 11) is 3.46. The minimum Gasteiger partial charge on any atom is -0.495 e. The molecule has 2 heterocycles. The van der Waals surface area contributed by atoms with E-state index in [4.69, 9.17) is 16.3 Å². The van der Waals surface area contributed by atoms with Crippen LogP contribution in [0.4, 0.5) is 5.69 Å². The van der Waals surface area contributed by atoms with E-state index >= 15 is 0 Å². The first-order chi connectivity index (χ1) is 15.2. The number of aromatic amines is 1. The fourth-order valence-corrected chi connectivity index (χ4v) is 3.95. The second-order valence-corrected chi connectivity index (χ2v) is 7.86. The number of hydrogen-bond donors (Lipinski definition) is 3. The Labute approximate surface area is 187 Å². The maximum atomic E-state index is 6.20. The molecule has 0 spiro atoms. The fourth-order valence-electron chi connectivity index (χ4n) is 3.78. The highest BCUT2D eigenvalue weighted by Crippen LogP contribution is 2.33. The standard InChI is InChI=1S/C23H27ClN6O/c1-25-23(27-14-22-26-13-19(29-22)16-6-4-3-5-7-16)28-18-10-11-30(15-18)20-12-17(24)8-9-21(20)31-2/h3-9,12-13,18H,10-11,14-15H2,1-2H3,(H,26,29)(H2,25,27,28). The van der Waals surface area contributed by atoms with Crippen LogP contribution in [0.15, 0.2) is 59.7 Å². The summed E-state index contributed by atoms with van der Waals surface area (Å²) < 4.78 is 5.50. The molecule has 1 aromatic heterocycles. The minimum atomic E-state index is 0.270. The van der Waals surface area contributed by atoms with Gasteiger partial charge in [0.1, 0.15) is 11.6 Å². The summed E-state index contributed by atoms with van der Waals surface area (Å²) in [6, 6.07) is 16.1. The number of aromatic nitrogens is 2. The Bertz CT molecular complexity index is 1040. The first kappa shape index (κ1) is 21.1. The molecule has 162 valence electrons. The van der Waals surface area contributed by atoms with Crippen LogP contribution >= 0.6 is 11.6 Å². The molecule has 1 aliphatic rings. The summed E-state index contributed by atoms with van der Waals surface area (Å²) in [6.07, 6.45) is 2.85. The van der Waals surface area contributed by atoms with E-state index in [0.29, 0.717) is 11.6 Å². The van der Waals surface area contributed by atoms with Crippen LogP contribution in [0.1, 0.15) is 12.2 Å². The molecule has 31 heavy (non-hydrogen) atoms. The maximum absolute atomic E-state index is 6.20. The lowest BCUT2D eigenvalue weighted by Gasteiger charge is -2.22. The van der Waals surface area contributed by atoms with Crippen molar-refractivity contribution in [1.82, 2.24) is 20.6 Å². The Hall–Kier alpha value is -3.19. The molecule has 1 atom stereocenters. The van der Waals surface area contributed by atoms with Crippen molar-refractivity contribution in [2.24, 2.45) is 4.99 Å². The van der Waals surface area contributed by atoms with E-state index < -0.39 is 0 Å². The molecule has 0 amide bonds. The highest BCUT2D eigenvalue weighted by molar-refractivity contribution is 6.30. The Kier molecular flexibility index (Phi) is 6.62. The highest BCUT2D eigenvalue weighted by Gasteiger charge is 2.25. The van der Waals surface area contributed by atoms with Crippen molar-refractivity contribution >= 4 is 23.2 Å². The molecular formula is C23H27ClN6O. The van der Waals surface area contributed by atoms with Gasteiger partial charge in [-0.3, -0.25) is 4.99 Å². The normalized spacial score (nSPS) is 16.4. The van der Waals surface area contributed by atoms with Gasteiger partial charge in [-0.2, -0.15) is 0 Å². The lowest BCUT2D eigenvalue weighted by molar-refractivity contribution is 0.415. The highest BCUT2D eigenvalue weighted by atomic mass is 35.5. The lowest BCUT2D eigenvalue weighted by Crippen LogP contribution is -2.44. The van der Waals surface area contributed by atoms with Crippen LogP contribution in [0.5, 0.6) is 5.75 Å². The van der Waals surface area contributed by atoms with Crippen molar-refractivity contribution in [3.05, 3.63) is 65.6 Å². The molecule has 1 aliphatic heterocycles. The number of anilines is 1. The van der Waals surface area contributed by atoms with Gasteiger partial charge < -0.3 is 25.3 Å². The van der Waals surface area contributed by atoms with E-state index in [2.05, 4.69) is 42.6 Å². The number of halogens is 1. The van der Waals surface area contributed by atoms with Crippen molar-refractivity contribution in [1.29, 1.82) is 0 Å². The third kappa shape index (κ3) is 5.11. The van der Waals surface area contributed by atoms with Crippen LogP contribution in [-0.4, -0.2) is 49.2 Å². The summed E-state index contributed by atoms with van der Waals surface area (Å²) >= 11 is 6.20. The van der Waals surface area contributed by atoms with E-state index in [9.17, 15) is 0 Å². The number of benzene rings is 2. The monoisotopic (exact) mass is 438 g/mol. The molecular weight excluding hydrogens is 412 g/mol. The minimum absolute atomic E-state index is 0.270. The zero-order chi connectivity index (χ0) is 21.6. The van der Waals surface area contributed by atoms with Gasteiger partial charge in [-0.25, -0.2) is 4.98 Å². The van der Waals surface area contributed by atoms with Gasteiger partial charge in [0.2, 0.25) is 0 Å². The van der Waals surface area contributed by atoms with Crippen LogP contribution in [-0.2, 0) is 6.54 Å². The molecule has 0 bridgehead atoms. The Balaban J connectivity index is 1.32. The number of imidazole rings is 1. The summed E-state index contributed by atoms with van der Waals surface area (Å²) in [4.78, 5) is 14.5. The molecule has 0 radical (unpaired) electrons. The van der Waals surface area contributed by atoms with Crippen molar-refractivity contribution in [3.8, 4) is 17.0 Å². The number of methoxy groups -OCH3 is 1. The zero-order valence-corrected chi connectivity index (χ0v) is 18.5. The van der Waals surface area contributed by atoms with Gasteiger partial charge in [-0.05, 0) is 30.2 Å². The lowest BCUT2D eigenvalue weighted by atomic mass is 10.2. The molecule has 0 saturated carbocycles. The molecule has 1 unspecified atom stereocenters. The van der Waals surface area contributed by atoms with Gasteiger partial charge in [0.25, 0.3) is 0 Å². The molecule has 8 heteroatoms. The maximum Gasteiger partial charge on any atom is 0.191 e. The van der Waals surface area contributed by atoms with Gasteiger partial charge in [-0.15, -0.1) is 0 Å². The van der Waals surface area contributed by atoms with Gasteiger partial charge in [-0.1, -0.05) is 41.9 Å². The summed E-state index contributed by atoms with van der Waals surface area (Å²) in [5, 5.41) is 7.56. The van der Waals surface area contributed by atoms with E-state index in [0.717, 1.165) is 54.0 Å². The first-order valence-corrected chi connectivity index (χ1v) is 10.7. The zero-order valence-electron chi connectivity index (χ0n) is 17.7. The number of H-pyrrole nitrogens is 1. The topological polar surface area (TPSA) is 77.6 Å². The second kappa shape index (κ2) is 9.75. The van der Waals surface area contributed by atoms with Gasteiger partial charge in [0.15, 0.2) is 5.96 Å². The molecule has 3 N–H and O–H groups in total. The SMILES string of the molecule is CN=C(NCc1ncc(-c2ccccc2)[nH]1)NC1CCN(c2cc(Cl)ccc2OC)C1. The molecule has 1 fully saturated rings. The van der Waals surface area contributed by atoms with Crippen molar-refractivity contribution in [3.63, 3.8) is 0 Å². The third-order valence-corrected chi connectivity index (χ3v) is 5.61. The quantitative estimate of drug-likeness (QED) is 0.404. The van der Waals surface area contributed by atoms with Crippen LogP contribution in [0.25, 0.3) is 11.3 Å². The molecule has 2 aromatic carbocycles. The number of ether oxygens (including phenoxy) is 1. The van der Waals surface area contributed by atoms with Crippen molar-refractivity contribution in [2.75, 3.05) is 32.1 Å².